The number of phenols is 1. The summed E-state index contributed by atoms with van der Waals surface area (Å²) in [6.07, 6.45) is 2.08. The molecule has 112 valence electrons. The Labute approximate surface area is 126 Å². The maximum absolute atomic E-state index is 9.78. The lowest BCUT2D eigenvalue weighted by Gasteiger charge is -2.16. The summed E-state index contributed by atoms with van der Waals surface area (Å²) in [5.41, 5.74) is 3.57. The molecule has 0 amide bonds. The molecule has 21 heavy (non-hydrogen) atoms. The largest absolute Gasteiger partial charge is 0.504 e. The fourth-order valence-corrected chi connectivity index (χ4v) is 2.39. The molecule has 1 unspecified atom stereocenters. The maximum atomic E-state index is 9.78. The minimum Gasteiger partial charge on any atom is -0.504 e. The predicted octanol–water partition coefficient (Wildman–Crippen LogP) is 4.14. The van der Waals surface area contributed by atoms with Crippen LogP contribution in [0.15, 0.2) is 42.5 Å². The molecule has 0 aromatic heterocycles. The van der Waals surface area contributed by atoms with E-state index in [0.29, 0.717) is 11.8 Å². The molecule has 2 aromatic rings. The lowest BCUT2D eigenvalue weighted by molar-refractivity contribution is 0.373. The van der Waals surface area contributed by atoms with Crippen LogP contribution in [-0.4, -0.2) is 18.3 Å². The molecule has 0 heterocycles. The summed E-state index contributed by atoms with van der Waals surface area (Å²) in [7, 11) is 1.55. The molecular formula is C18H23NO2. The smallest absolute Gasteiger partial charge is 0.160 e. The minimum atomic E-state index is 0.161. The molecule has 0 aliphatic heterocycles. The zero-order valence-corrected chi connectivity index (χ0v) is 12.9. The maximum Gasteiger partial charge on any atom is 0.160 e. The van der Waals surface area contributed by atoms with Gasteiger partial charge in [0.05, 0.1) is 7.11 Å². The Hall–Kier alpha value is -2.16. The van der Waals surface area contributed by atoms with Gasteiger partial charge >= 0.3 is 0 Å². The number of phenolic OH excluding ortho intramolecular Hbond substituents is 1. The van der Waals surface area contributed by atoms with Gasteiger partial charge in [0.15, 0.2) is 11.5 Å². The Morgan fingerprint density at radius 3 is 2.67 bits per heavy atom. The zero-order valence-electron chi connectivity index (χ0n) is 12.9. The number of methoxy groups -OCH3 is 1. The normalized spacial score (nSPS) is 12.0. The number of nitrogens with one attached hydrogen (secondary N) is 1. The van der Waals surface area contributed by atoms with Crippen molar-refractivity contribution < 1.29 is 9.84 Å². The number of aromatic hydroxyl groups is 1. The van der Waals surface area contributed by atoms with Crippen molar-refractivity contribution in [2.75, 3.05) is 12.4 Å². The predicted molar refractivity (Wildman–Crippen MR) is 87.2 cm³/mol. The van der Waals surface area contributed by atoms with Crippen molar-refractivity contribution in [2.24, 2.45) is 0 Å². The summed E-state index contributed by atoms with van der Waals surface area (Å²) < 4.78 is 5.04. The second-order valence-corrected chi connectivity index (χ2v) is 5.46. The summed E-state index contributed by atoms with van der Waals surface area (Å²) in [6, 6.07) is 14.3. The summed E-state index contributed by atoms with van der Waals surface area (Å²) in [6.45, 7) is 4.27. The molecule has 0 saturated carbocycles. The number of rotatable bonds is 6. The Morgan fingerprint density at radius 2 is 2.00 bits per heavy atom. The Kier molecular flexibility index (Phi) is 5.09. The van der Waals surface area contributed by atoms with Crippen LogP contribution in [0.3, 0.4) is 0 Å². The van der Waals surface area contributed by atoms with Crippen molar-refractivity contribution in [2.45, 2.75) is 32.7 Å². The molecule has 2 N–H and O–H groups in total. The van der Waals surface area contributed by atoms with Crippen LogP contribution in [0.25, 0.3) is 0 Å². The molecule has 3 heteroatoms. The van der Waals surface area contributed by atoms with Gasteiger partial charge in [0.1, 0.15) is 0 Å². The van der Waals surface area contributed by atoms with Crippen molar-refractivity contribution in [1.82, 2.24) is 0 Å². The van der Waals surface area contributed by atoms with Gasteiger partial charge in [-0.2, -0.15) is 0 Å². The molecule has 3 nitrogen and oxygen atoms in total. The fraction of sp³-hybridized carbons (Fsp3) is 0.333. The number of ether oxygens (including phenoxy) is 1. The van der Waals surface area contributed by atoms with Crippen LogP contribution in [0.5, 0.6) is 11.5 Å². The van der Waals surface area contributed by atoms with Gasteiger partial charge in [0, 0.05) is 17.8 Å². The Bertz CT molecular complexity index is 596. The number of hydrogen-bond acceptors (Lipinski definition) is 3. The molecular weight excluding hydrogens is 262 g/mol. The van der Waals surface area contributed by atoms with E-state index in [1.807, 2.05) is 6.07 Å². The minimum absolute atomic E-state index is 0.161. The second-order valence-electron chi connectivity index (χ2n) is 5.46. The lowest BCUT2D eigenvalue weighted by atomic mass is 10.0. The van der Waals surface area contributed by atoms with Gasteiger partial charge in [-0.1, -0.05) is 29.8 Å². The number of aryl methyl sites for hydroxylation is 2. The highest BCUT2D eigenvalue weighted by Crippen LogP contribution is 2.29. The van der Waals surface area contributed by atoms with E-state index in [1.165, 1.54) is 11.1 Å². The van der Waals surface area contributed by atoms with Crippen molar-refractivity contribution in [3.8, 4) is 11.5 Å². The van der Waals surface area contributed by atoms with Crippen molar-refractivity contribution >= 4 is 5.69 Å². The molecule has 0 aliphatic rings. The molecule has 0 radical (unpaired) electrons. The van der Waals surface area contributed by atoms with Gasteiger partial charge < -0.3 is 15.2 Å². The molecule has 0 saturated heterocycles. The van der Waals surface area contributed by atoms with E-state index < -0.39 is 0 Å². The van der Waals surface area contributed by atoms with E-state index >= 15 is 0 Å². The third-order valence-corrected chi connectivity index (χ3v) is 3.54. The molecule has 2 aromatic carbocycles. The van der Waals surface area contributed by atoms with E-state index in [2.05, 4.69) is 43.4 Å². The number of benzene rings is 2. The van der Waals surface area contributed by atoms with Crippen molar-refractivity contribution in [3.05, 3.63) is 53.6 Å². The molecule has 1 atom stereocenters. The average molecular weight is 285 g/mol. The SMILES string of the molecule is COc1ccc(NC(C)CCc2cccc(C)c2)cc1O. The number of anilines is 1. The van der Waals surface area contributed by atoms with E-state index in [0.717, 1.165) is 18.5 Å². The van der Waals surface area contributed by atoms with Crippen LogP contribution in [0.1, 0.15) is 24.5 Å². The van der Waals surface area contributed by atoms with Crippen LogP contribution in [0.4, 0.5) is 5.69 Å². The Balaban J connectivity index is 1.89. The van der Waals surface area contributed by atoms with Crippen LogP contribution in [-0.2, 0) is 6.42 Å². The highest BCUT2D eigenvalue weighted by Gasteiger charge is 2.06. The van der Waals surface area contributed by atoms with Gasteiger partial charge in [0.2, 0.25) is 0 Å². The van der Waals surface area contributed by atoms with Crippen LogP contribution >= 0.6 is 0 Å². The molecule has 0 bridgehead atoms. The standard InChI is InChI=1S/C18H23NO2/c1-13-5-4-6-15(11-13)8-7-14(2)19-16-9-10-18(21-3)17(20)12-16/h4-6,9-12,14,19-20H,7-8H2,1-3H3. The first-order chi connectivity index (χ1) is 10.1. The average Bonchev–Trinajstić information content (AvgIpc) is 2.45. The van der Waals surface area contributed by atoms with E-state index in [-0.39, 0.29) is 5.75 Å². The topological polar surface area (TPSA) is 41.5 Å². The fourth-order valence-electron chi connectivity index (χ4n) is 2.39. The highest BCUT2D eigenvalue weighted by molar-refractivity contribution is 5.54. The molecule has 0 fully saturated rings. The van der Waals surface area contributed by atoms with Gasteiger partial charge in [-0.05, 0) is 44.4 Å². The van der Waals surface area contributed by atoms with E-state index in [4.69, 9.17) is 4.74 Å². The monoisotopic (exact) mass is 285 g/mol. The molecule has 0 spiro atoms. The lowest BCUT2D eigenvalue weighted by Crippen LogP contribution is -2.15. The van der Waals surface area contributed by atoms with E-state index in [9.17, 15) is 5.11 Å². The summed E-state index contributed by atoms with van der Waals surface area (Å²) in [5, 5.41) is 13.2. The summed E-state index contributed by atoms with van der Waals surface area (Å²) in [5.74, 6) is 0.654. The van der Waals surface area contributed by atoms with Crippen LogP contribution in [0, 0.1) is 6.92 Å². The second kappa shape index (κ2) is 7.02. The van der Waals surface area contributed by atoms with Gasteiger partial charge in [-0.25, -0.2) is 0 Å². The van der Waals surface area contributed by atoms with Crippen LogP contribution in [0.2, 0.25) is 0 Å². The van der Waals surface area contributed by atoms with E-state index in [1.54, 1.807) is 19.2 Å². The van der Waals surface area contributed by atoms with Crippen molar-refractivity contribution in [3.63, 3.8) is 0 Å². The van der Waals surface area contributed by atoms with Gasteiger partial charge in [-0.3, -0.25) is 0 Å². The third kappa shape index (κ3) is 4.42. The summed E-state index contributed by atoms with van der Waals surface area (Å²) in [4.78, 5) is 0. The van der Waals surface area contributed by atoms with Crippen LogP contribution < -0.4 is 10.1 Å². The summed E-state index contributed by atoms with van der Waals surface area (Å²) >= 11 is 0. The van der Waals surface area contributed by atoms with Gasteiger partial charge in [0.25, 0.3) is 0 Å². The first-order valence-corrected chi connectivity index (χ1v) is 7.27. The zero-order chi connectivity index (χ0) is 15.2. The Morgan fingerprint density at radius 1 is 1.19 bits per heavy atom. The molecule has 2 rings (SSSR count). The quantitative estimate of drug-likeness (QED) is 0.838. The number of hydrogen-bond donors (Lipinski definition) is 2. The first-order valence-electron chi connectivity index (χ1n) is 7.27. The third-order valence-electron chi connectivity index (χ3n) is 3.54. The van der Waals surface area contributed by atoms with Gasteiger partial charge in [-0.15, -0.1) is 0 Å². The molecule has 0 aliphatic carbocycles. The highest BCUT2D eigenvalue weighted by atomic mass is 16.5. The first kappa shape index (κ1) is 15.2. The van der Waals surface area contributed by atoms with Crippen molar-refractivity contribution in [1.29, 1.82) is 0 Å².